The molecule has 0 aliphatic heterocycles. The van der Waals surface area contributed by atoms with Gasteiger partial charge in [0.2, 0.25) is 23.1 Å². The maximum atomic E-state index is 5.66. The first-order valence-corrected chi connectivity index (χ1v) is 8.34. The first-order valence-electron chi connectivity index (χ1n) is 8.34. The third kappa shape index (κ3) is 3.04. The Hall–Kier alpha value is -3.94. The van der Waals surface area contributed by atoms with Gasteiger partial charge in [-0.2, -0.15) is 4.98 Å². The molecule has 4 heterocycles. The molecule has 0 spiro atoms. The fourth-order valence-corrected chi connectivity index (χ4v) is 2.81. The Labute approximate surface area is 153 Å². The third-order valence-corrected chi connectivity index (χ3v) is 4.05. The second-order valence-corrected chi connectivity index (χ2v) is 5.90. The minimum atomic E-state index is 0.340. The molecule has 0 amide bonds. The van der Waals surface area contributed by atoms with Crippen molar-refractivity contribution in [2.24, 2.45) is 0 Å². The summed E-state index contributed by atoms with van der Waals surface area (Å²) in [7, 11) is 0. The molecule has 0 saturated carbocycles. The van der Waals surface area contributed by atoms with Crippen LogP contribution in [0.4, 0.5) is 0 Å². The summed E-state index contributed by atoms with van der Waals surface area (Å²) in [6.45, 7) is 0.517. The van der Waals surface area contributed by atoms with E-state index in [2.05, 4.69) is 36.3 Å². The summed E-state index contributed by atoms with van der Waals surface area (Å²) in [5.74, 6) is 0.791. The lowest BCUT2D eigenvalue weighted by atomic mass is 10.1. The van der Waals surface area contributed by atoms with Crippen LogP contribution in [0.15, 0.2) is 67.1 Å². The zero-order valence-electron chi connectivity index (χ0n) is 14.1. The van der Waals surface area contributed by atoms with Crippen LogP contribution in [0.1, 0.15) is 5.56 Å². The molecule has 0 radical (unpaired) electrons. The number of hydrogen-bond acceptors (Lipinski definition) is 7. The molecule has 0 atom stereocenters. The highest BCUT2D eigenvalue weighted by atomic mass is 16.5. The number of benzene rings is 1. The summed E-state index contributed by atoms with van der Waals surface area (Å²) in [5, 5.41) is 9.33. The van der Waals surface area contributed by atoms with E-state index < -0.39 is 0 Å². The van der Waals surface area contributed by atoms with Crippen LogP contribution in [-0.4, -0.2) is 34.9 Å². The molecule has 0 fully saturated rings. The molecule has 0 unspecified atom stereocenters. The van der Waals surface area contributed by atoms with Crippen molar-refractivity contribution < 1.29 is 4.74 Å². The Morgan fingerprint density at radius 3 is 2.78 bits per heavy atom. The Bertz CT molecular complexity index is 1240. The Morgan fingerprint density at radius 1 is 0.889 bits per heavy atom. The molecular formula is C19H13N7O. The van der Waals surface area contributed by atoms with Crippen molar-refractivity contribution in [3.8, 4) is 11.8 Å². The molecule has 130 valence electrons. The van der Waals surface area contributed by atoms with Gasteiger partial charge in [0.15, 0.2) is 0 Å². The lowest BCUT2D eigenvalue weighted by molar-refractivity contribution is 0.443. The quantitative estimate of drug-likeness (QED) is 0.489. The van der Waals surface area contributed by atoms with Crippen LogP contribution in [0.5, 0.6) is 11.8 Å². The van der Waals surface area contributed by atoms with Crippen molar-refractivity contribution in [1.29, 1.82) is 0 Å². The van der Waals surface area contributed by atoms with Gasteiger partial charge in [0.25, 0.3) is 0 Å². The van der Waals surface area contributed by atoms with E-state index in [-0.39, 0.29) is 0 Å². The van der Waals surface area contributed by atoms with Crippen molar-refractivity contribution in [2.75, 3.05) is 0 Å². The summed E-state index contributed by atoms with van der Waals surface area (Å²) in [5.41, 5.74) is 3.04. The van der Waals surface area contributed by atoms with Crippen LogP contribution in [-0.2, 0) is 6.54 Å². The summed E-state index contributed by atoms with van der Waals surface area (Å²) in [6, 6.07) is 15.5. The van der Waals surface area contributed by atoms with E-state index in [9.17, 15) is 0 Å². The molecule has 27 heavy (non-hydrogen) atoms. The standard InChI is InChI=1S/C19H13N7O/c1-2-8-21-16(5-1)27-17-11-22-18-19(23-17)26(25-24-18)12-13-6-7-15-14(10-13)4-3-9-20-15/h1-11H,12H2. The predicted molar refractivity (Wildman–Crippen MR) is 98.3 cm³/mol. The zero-order valence-corrected chi connectivity index (χ0v) is 14.1. The van der Waals surface area contributed by atoms with Crippen molar-refractivity contribution in [3.05, 3.63) is 72.7 Å². The Kier molecular flexibility index (Phi) is 3.64. The number of rotatable bonds is 4. The third-order valence-electron chi connectivity index (χ3n) is 4.05. The van der Waals surface area contributed by atoms with Crippen LogP contribution in [0.3, 0.4) is 0 Å². The van der Waals surface area contributed by atoms with Crippen molar-refractivity contribution in [2.45, 2.75) is 6.54 Å². The molecule has 1 aromatic carbocycles. The van der Waals surface area contributed by atoms with Gasteiger partial charge in [-0.3, -0.25) is 4.98 Å². The molecule has 5 aromatic rings. The van der Waals surface area contributed by atoms with Gasteiger partial charge >= 0.3 is 0 Å². The van der Waals surface area contributed by atoms with Crippen LogP contribution in [0.2, 0.25) is 0 Å². The number of aromatic nitrogens is 7. The SMILES string of the molecule is c1ccc(Oc2cnc3nnn(Cc4ccc5ncccc5c4)c3n2)nc1. The number of ether oxygens (including phenoxy) is 1. The Balaban J connectivity index is 1.48. The predicted octanol–water partition coefficient (Wildman–Crippen LogP) is 3.01. The largest absolute Gasteiger partial charge is 0.419 e. The van der Waals surface area contributed by atoms with Crippen LogP contribution < -0.4 is 4.74 Å². The van der Waals surface area contributed by atoms with E-state index in [1.807, 2.05) is 36.4 Å². The molecule has 0 saturated heterocycles. The highest BCUT2D eigenvalue weighted by Crippen LogP contribution is 2.19. The molecule has 0 N–H and O–H groups in total. The lowest BCUT2D eigenvalue weighted by Gasteiger charge is -2.05. The average Bonchev–Trinajstić information content (AvgIpc) is 3.11. The number of hydrogen-bond donors (Lipinski definition) is 0. The van der Waals surface area contributed by atoms with E-state index >= 15 is 0 Å². The van der Waals surface area contributed by atoms with Crippen LogP contribution >= 0.6 is 0 Å². The summed E-state index contributed by atoms with van der Waals surface area (Å²) >= 11 is 0. The number of pyridine rings is 2. The first-order chi connectivity index (χ1) is 13.3. The van der Waals surface area contributed by atoms with Crippen molar-refractivity contribution >= 4 is 22.2 Å². The number of fused-ring (bicyclic) bond motifs is 2. The smallest absolute Gasteiger partial charge is 0.241 e. The van der Waals surface area contributed by atoms with Gasteiger partial charge in [0.05, 0.1) is 18.3 Å². The van der Waals surface area contributed by atoms with E-state index in [1.165, 1.54) is 6.20 Å². The highest BCUT2D eigenvalue weighted by molar-refractivity contribution is 5.79. The molecule has 8 heteroatoms. The normalized spacial score (nSPS) is 11.1. The maximum Gasteiger partial charge on any atom is 0.241 e. The zero-order chi connectivity index (χ0) is 18.1. The average molecular weight is 355 g/mol. The molecule has 0 aliphatic rings. The van der Waals surface area contributed by atoms with Gasteiger partial charge in [0, 0.05) is 23.8 Å². The second-order valence-electron chi connectivity index (χ2n) is 5.90. The second kappa shape index (κ2) is 6.41. The van der Waals surface area contributed by atoms with E-state index in [0.717, 1.165) is 16.5 Å². The van der Waals surface area contributed by atoms with E-state index in [4.69, 9.17) is 4.74 Å². The minimum absolute atomic E-state index is 0.340. The fraction of sp³-hybridized carbons (Fsp3) is 0.0526. The fourth-order valence-electron chi connectivity index (χ4n) is 2.81. The van der Waals surface area contributed by atoms with Gasteiger partial charge in [-0.25, -0.2) is 14.6 Å². The molecular weight excluding hydrogens is 342 g/mol. The topological polar surface area (TPSA) is 91.5 Å². The van der Waals surface area contributed by atoms with E-state index in [0.29, 0.717) is 29.6 Å². The van der Waals surface area contributed by atoms with Crippen LogP contribution in [0, 0.1) is 0 Å². The van der Waals surface area contributed by atoms with Gasteiger partial charge < -0.3 is 4.74 Å². The monoisotopic (exact) mass is 355 g/mol. The Morgan fingerprint density at radius 2 is 1.85 bits per heavy atom. The molecule has 0 bridgehead atoms. The van der Waals surface area contributed by atoms with Crippen molar-refractivity contribution in [1.82, 2.24) is 34.9 Å². The molecule has 4 aromatic heterocycles. The molecule has 8 nitrogen and oxygen atoms in total. The molecule has 5 rings (SSSR count). The minimum Gasteiger partial charge on any atom is -0.419 e. The molecule has 0 aliphatic carbocycles. The lowest BCUT2D eigenvalue weighted by Crippen LogP contribution is -2.03. The number of nitrogens with zero attached hydrogens (tertiary/aromatic N) is 7. The van der Waals surface area contributed by atoms with Gasteiger partial charge in [-0.1, -0.05) is 23.4 Å². The summed E-state index contributed by atoms with van der Waals surface area (Å²) in [4.78, 5) is 17.2. The van der Waals surface area contributed by atoms with Crippen LogP contribution in [0.25, 0.3) is 22.2 Å². The van der Waals surface area contributed by atoms with Gasteiger partial charge in [0.1, 0.15) is 0 Å². The van der Waals surface area contributed by atoms with Gasteiger partial charge in [-0.05, 0) is 29.8 Å². The van der Waals surface area contributed by atoms with Gasteiger partial charge in [-0.15, -0.1) is 5.10 Å². The first kappa shape index (κ1) is 15.3. The maximum absolute atomic E-state index is 5.66. The van der Waals surface area contributed by atoms with E-state index in [1.54, 1.807) is 23.1 Å². The summed E-state index contributed by atoms with van der Waals surface area (Å²) in [6.07, 6.45) is 4.95. The summed E-state index contributed by atoms with van der Waals surface area (Å²) < 4.78 is 7.36. The highest BCUT2D eigenvalue weighted by Gasteiger charge is 2.11. The van der Waals surface area contributed by atoms with Crippen molar-refractivity contribution in [3.63, 3.8) is 0 Å².